The van der Waals surface area contributed by atoms with E-state index >= 15 is 0 Å². The Balaban J connectivity index is 1.57. The second-order valence-corrected chi connectivity index (χ2v) is 5.36. The molecule has 0 amide bonds. The summed E-state index contributed by atoms with van der Waals surface area (Å²) in [6.45, 7) is 1.10. The van der Waals surface area contributed by atoms with Gasteiger partial charge in [0.05, 0.1) is 0 Å². The first-order valence-electron chi connectivity index (χ1n) is 7.80. The topological polar surface area (TPSA) is 33.3 Å². The van der Waals surface area contributed by atoms with Gasteiger partial charge in [0.2, 0.25) is 0 Å². The third kappa shape index (κ3) is 4.57. The number of ether oxygens (including phenoxy) is 1. The molecule has 0 aromatic heterocycles. The molecule has 0 bridgehead atoms. The summed E-state index contributed by atoms with van der Waals surface area (Å²) in [4.78, 5) is 0. The molecular formula is C20H19FN2O. The molecule has 0 aliphatic rings. The summed E-state index contributed by atoms with van der Waals surface area (Å²) in [5.74, 6) is 0.389. The SMILES string of the molecule is Fc1ccc(OCc2ccccc2CNNc2ccccc2)cc1. The lowest BCUT2D eigenvalue weighted by Crippen LogP contribution is -2.21. The lowest BCUT2D eigenvalue weighted by atomic mass is 10.1. The molecule has 0 unspecified atom stereocenters. The highest BCUT2D eigenvalue weighted by Crippen LogP contribution is 2.16. The number of hydrogen-bond donors (Lipinski definition) is 2. The van der Waals surface area contributed by atoms with Crippen molar-refractivity contribution >= 4 is 5.69 Å². The van der Waals surface area contributed by atoms with E-state index < -0.39 is 0 Å². The molecule has 0 fully saturated rings. The van der Waals surface area contributed by atoms with Crippen molar-refractivity contribution in [3.63, 3.8) is 0 Å². The molecule has 122 valence electrons. The Morgan fingerprint density at radius 1 is 0.750 bits per heavy atom. The van der Waals surface area contributed by atoms with Crippen molar-refractivity contribution in [2.45, 2.75) is 13.2 Å². The zero-order valence-corrected chi connectivity index (χ0v) is 13.2. The van der Waals surface area contributed by atoms with Crippen molar-refractivity contribution in [3.05, 3.63) is 95.8 Å². The van der Waals surface area contributed by atoms with Gasteiger partial charge in [-0.25, -0.2) is 9.82 Å². The fraction of sp³-hybridized carbons (Fsp3) is 0.100. The van der Waals surface area contributed by atoms with E-state index in [1.54, 1.807) is 12.1 Å². The van der Waals surface area contributed by atoms with Gasteiger partial charge in [-0.15, -0.1) is 0 Å². The summed E-state index contributed by atoms with van der Waals surface area (Å²) in [5, 5.41) is 0. The van der Waals surface area contributed by atoms with Crippen LogP contribution in [0.5, 0.6) is 5.75 Å². The maximum Gasteiger partial charge on any atom is 0.123 e. The molecule has 3 rings (SSSR count). The third-order valence-corrected chi connectivity index (χ3v) is 3.61. The second-order valence-electron chi connectivity index (χ2n) is 5.36. The largest absolute Gasteiger partial charge is 0.489 e. The van der Waals surface area contributed by atoms with E-state index in [1.807, 2.05) is 48.5 Å². The molecule has 24 heavy (non-hydrogen) atoms. The third-order valence-electron chi connectivity index (χ3n) is 3.61. The van der Waals surface area contributed by atoms with E-state index in [1.165, 1.54) is 12.1 Å². The molecule has 3 nitrogen and oxygen atoms in total. The number of benzene rings is 3. The minimum Gasteiger partial charge on any atom is -0.489 e. The zero-order chi connectivity index (χ0) is 16.6. The number of nitrogens with one attached hydrogen (secondary N) is 2. The fourth-order valence-corrected chi connectivity index (χ4v) is 2.33. The van der Waals surface area contributed by atoms with Crippen LogP contribution in [0.3, 0.4) is 0 Å². The molecule has 0 saturated carbocycles. The summed E-state index contributed by atoms with van der Waals surface area (Å²) in [6.07, 6.45) is 0. The number of hydrogen-bond acceptors (Lipinski definition) is 3. The van der Waals surface area contributed by atoms with Gasteiger partial charge < -0.3 is 10.2 Å². The summed E-state index contributed by atoms with van der Waals surface area (Å²) in [7, 11) is 0. The molecule has 0 heterocycles. The molecule has 2 N–H and O–H groups in total. The van der Waals surface area contributed by atoms with Crippen molar-refractivity contribution in [3.8, 4) is 5.75 Å². The van der Waals surface area contributed by atoms with E-state index in [0.717, 1.165) is 16.8 Å². The van der Waals surface area contributed by atoms with Crippen LogP contribution in [-0.4, -0.2) is 0 Å². The van der Waals surface area contributed by atoms with Crippen molar-refractivity contribution in [1.29, 1.82) is 0 Å². The van der Waals surface area contributed by atoms with Crippen LogP contribution in [0.4, 0.5) is 10.1 Å². The summed E-state index contributed by atoms with van der Waals surface area (Å²) < 4.78 is 18.7. The molecule has 0 saturated heterocycles. The quantitative estimate of drug-likeness (QED) is 0.627. The zero-order valence-electron chi connectivity index (χ0n) is 13.2. The van der Waals surface area contributed by atoms with E-state index in [-0.39, 0.29) is 5.82 Å². The van der Waals surface area contributed by atoms with Gasteiger partial charge in [0.15, 0.2) is 0 Å². The van der Waals surface area contributed by atoms with Crippen molar-refractivity contribution in [1.82, 2.24) is 5.43 Å². The fourth-order valence-electron chi connectivity index (χ4n) is 2.33. The molecular weight excluding hydrogens is 303 g/mol. The minimum absolute atomic E-state index is 0.265. The average Bonchev–Trinajstić information content (AvgIpc) is 2.63. The lowest BCUT2D eigenvalue weighted by Gasteiger charge is -2.13. The number of rotatable bonds is 7. The summed E-state index contributed by atoms with van der Waals surface area (Å²) in [5.41, 5.74) is 9.62. The van der Waals surface area contributed by atoms with Gasteiger partial charge in [0.1, 0.15) is 18.2 Å². The van der Waals surface area contributed by atoms with Crippen LogP contribution in [0.15, 0.2) is 78.9 Å². The highest BCUT2D eigenvalue weighted by Gasteiger charge is 2.03. The molecule has 3 aromatic rings. The minimum atomic E-state index is -0.265. The standard InChI is InChI=1S/C20H19FN2O/c21-18-10-12-20(13-11-18)24-15-17-7-5-4-6-16(17)14-22-23-19-8-2-1-3-9-19/h1-13,22-23H,14-15H2. The van der Waals surface area contributed by atoms with Crippen LogP contribution in [0.1, 0.15) is 11.1 Å². The number of halogens is 1. The monoisotopic (exact) mass is 322 g/mol. The van der Waals surface area contributed by atoms with Gasteiger partial charge in [-0.05, 0) is 47.5 Å². The second kappa shape index (κ2) is 8.13. The smallest absolute Gasteiger partial charge is 0.123 e. The van der Waals surface area contributed by atoms with E-state index in [2.05, 4.69) is 16.9 Å². The maximum absolute atomic E-state index is 12.9. The summed E-state index contributed by atoms with van der Waals surface area (Å²) >= 11 is 0. The molecule has 3 aromatic carbocycles. The van der Waals surface area contributed by atoms with Gasteiger partial charge in [0, 0.05) is 12.2 Å². The normalized spacial score (nSPS) is 10.4. The highest BCUT2D eigenvalue weighted by molar-refractivity contribution is 5.41. The first-order valence-corrected chi connectivity index (χ1v) is 7.80. The first-order chi connectivity index (χ1) is 11.8. The first kappa shape index (κ1) is 16.0. The molecule has 4 heteroatoms. The predicted octanol–water partition coefficient (Wildman–Crippen LogP) is 4.52. The van der Waals surface area contributed by atoms with Crippen LogP contribution in [-0.2, 0) is 13.2 Å². The van der Waals surface area contributed by atoms with Crippen LogP contribution in [0, 0.1) is 5.82 Å². The van der Waals surface area contributed by atoms with Gasteiger partial charge in [-0.3, -0.25) is 0 Å². The maximum atomic E-state index is 12.9. The lowest BCUT2D eigenvalue weighted by molar-refractivity contribution is 0.304. The van der Waals surface area contributed by atoms with E-state index in [9.17, 15) is 4.39 Å². The Labute approximate surface area is 141 Å². The number of para-hydroxylation sites is 1. The van der Waals surface area contributed by atoms with Gasteiger partial charge in [-0.1, -0.05) is 42.5 Å². The molecule has 0 radical (unpaired) electrons. The van der Waals surface area contributed by atoms with Crippen LogP contribution < -0.4 is 15.6 Å². The molecule has 0 aliphatic heterocycles. The Morgan fingerprint density at radius 3 is 2.17 bits per heavy atom. The number of hydrazine groups is 1. The highest BCUT2D eigenvalue weighted by atomic mass is 19.1. The molecule has 0 spiro atoms. The molecule has 0 atom stereocenters. The van der Waals surface area contributed by atoms with Crippen LogP contribution >= 0.6 is 0 Å². The number of anilines is 1. The Hall–Kier alpha value is -2.85. The van der Waals surface area contributed by atoms with E-state index in [4.69, 9.17) is 4.74 Å². The molecule has 0 aliphatic carbocycles. The Morgan fingerprint density at radius 2 is 1.42 bits per heavy atom. The van der Waals surface area contributed by atoms with Crippen LogP contribution in [0.2, 0.25) is 0 Å². The van der Waals surface area contributed by atoms with E-state index in [0.29, 0.717) is 18.9 Å². The van der Waals surface area contributed by atoms with Crippen molar-refractivity contribution in [2.24, 2.45) is 0 Å². The average molecular weight is 322 g/mol. The summed E-state index contributed by atoms with van der Waals surface area (Å²) in [6, 6.07) is 24.1. The van der Waals surface area contributed by atoms with Gasteiger partial charge in [-0.2, -0.15) is 0 Å². The van der Waals surface area contributed by atoms with Crippen molar-refractivity contribution < 1.29 is 9.13 Å². The van der Waals surface area contributed by atoms with Crippen LogP contribution in [0.25, 0.3) is 0 Å². The predicted molar refractivity (Wildman–Crippen MR) is 94.1 cm³/mol. The van der Waals surface area contributed by atoms with Crippen molar-refractivity contribution in [2.75, 3.05) is 5.43 Å². The Kier molecular flexibility index (Phi) is 5.43. The Bertz CT molecular complexity index is 760. The van der Waals surface area contributed by atoms with Gasteiger partial charge >= 0.3 is 0 Å². The van der Waals surface area contributed by atoms with Gasteiger partial charge in [0.25, 0.3) is 0 Å².